The minimum atomic E-state index is -1.13. The molecule has 1 aliphatic heterocycles. The molecule has 3 aromatic carbocycles. The van der Waals surface area contributed by atoms with E-state index in [1.165, 1.54) is 5.56 Å². The Morgan fingerprint density at radius 3 is 2.32 bits per heavy atom. The molecule has 1 saturated carbocycles. The zero-order chi connectivity index (χ0) is 28.6. The van der Waals surface area contributed by atoms with Gasteiger partial charge in [-0.3, -0.25) is 14.4 Å². The van der Waals surface area contributed by atoms with Gasteiger partial charge in [0, 0.05) is 24.1 Å². The molecular formula is C34H38N4O3. The summed E-state index contributed by atoms with van der Waals surface area (Å²) in [5.74, 6) is -0.478. The Morgan fingerprint density at radius 2 is 1.59 bits per heavy atom. The third kappa shape index (κ3) is 7.09. The lowest BCUT2D eigenvalue weighted by molar-refractivity contribution is -0.131. The number of carbonyl (C=O) groups excluding carboxylic acids is 3. The van der Waals surface area contributed by atoms with Crippen molar-refractivity contribution in [2.24, 2.45) is 10.9 Å². The third-order valence-electron chi connectivity index (χ3n) is 7.94. The first kappa shape index (κ1) is 28.3. The summed E-state index contributed by atoms with van der Waals surface area (Å²) in [5.41, 5.74) is 4.31. The molecule has 7 nitrogen and oxygen atoms in total. The van der Waals surface area contributed by atoms with Gasteiger partial charge in [-0.15, -0.1) is 0 Å². The van der Waals surface area contributed by atoms with Crippen LogP contribution in [0.4, 0.5) is 5.69 Å². The van der Waals surface area contributed by atoms with E-state index in [4.69, 9.17) is 4.99 Å². The highest BCUT2D eigenvalue weighted by Crippen LogP contribution is 2.29. The van der Waals surface area contributed by atoms with Crippen LogP contribution in [0.1, 0.15) is 62.1 Å². The minimum Gasteiger partial charge on any atom is -0.345 e. The molecule has 5 rings (SSSR count). The maximum absolute atomic E-state index is 14.1. The van der Waals surface area contributed by atoms with Crippen molar-refractivity contribution in [3.05, 3.63) is 102 Å². The fraction of sp³-hybridized carbons (Fsp3) is 0.353. The molecule has 1 fully saturated rings. The Labute approximate surface area is 242 Å². The number of fused-ring (bicyclic) bond motifs is 1. The molecule has 0 spiro atoms. The maximum atomic E-state index is 14.1. The molecule has 1 unspecified atom stereocenters. The summed E-state index contributed by atoms with van der Waals surface area (Å²) < 4.78 is 0. The predicted octanol–water partition coefficient (Wildman–Crippen LogP) is 5.03. The van der Waals surface area contributed by atoms with Crippen molar-refractivity contribution in [1.29, 1.82) is 0 Å². The highest BCUT2D eigenvalue weighted by Gasteiger charge is 2.34. The van der Waals surface area contributed by atoms with Gasteiger partial charge < -0.3 is 15.5 Å². The second-order valence-electron chi connectivity index (χ2n) is 11.0. The van der Waals surface area contributed by atoms with Crippen LogP contribution in [0.5, 0.6) is 0 Å². The monoisotopic (exact) mass is 550 g/mol. The summed E-state index contributed by atoms with van der Waals surface area (Å²) in [6, 6.07) is 26.9. The molecule has 41 heavy (non-hydrogen) atoms. The topological polar surface area (TPSA) is 90.9 Å². The molecule has 7 heteroatoms. The zero-order valence-electron chi connectivity index (χ0n) is 23.6. The molecule has 2 N–H and O–H groups in total. The normalized spacial score (nSPS) is 17.8. The first-order chi connectivity index (χ1) is 20.0. The van der Waals surface area contributed by atoms with Crippen LogP contribution in [-0.2, 0) is 20.8 Å². The van der Waals surface area contributed by atoms with E-state index in [-0.39, 0.29) is 11.8 Å². The molecule has 0 radical (unpaired) electrons. The maximum Gasteiger partial charge on any atom is 0.272 e. The van der Waals surface area contributed by atoms with Crippen molar-refractivity contribution in [3.8, 4) is 0 Å². The van der Waals surface area contributed by atoms with E-state index in [2.05, 4.69) is 22.8 Å². The fourth-order valence-electron chi connectivity index (χ4n) is 5.77. The van der Waals surface area contributed by atoms with Crippen molar-refractivity contribution < 1.29 is 14.4 Å². The van der Waals surface area contributed by atoms with Gasteiger partial charge in [0.15, 0.2) is 0 Å². The fourth-order valence-corrected chi connectivity index (χ4v) is 5.77. The van der Waals surface area contributed by atoms with E-state index in [1.54, 1.807) is 11.8 Å². The minimum absolute atomic E-state index is 0.129. The molecule has 2 atom stereocenters. The van der Waals surface area contributed by atoms with Crippen LogP contribution >= 0.6 is 0 Å². The zero-order valence-corrected chi connectivity index (χ0v) is 23.6. The Bertz CT molecular complexity index is 1380. The number of aliphatic imine (C=N–C) groups is 1. The smallest absolute Gasteiger partial charge is 0.272 e. The second kappa shape index (κ2) is 13.4. The molecule has 3 aromatic rings. The molecular weight excluding hydrogens is 512 g/mol. The van der Waals surface area contributed by atoms with Gasteiger partial charge in [-0.25, -0.2) is 4.99 Å². The van der Waals surface area contributed by atoms with Crippen LogP contribution in [0.15, 0.2) is 89.9 Å². The van der Waals surface area contributed by atoms with Crippen LogP contribution in [0.25, 0.3) is 0 Å². The van der Waals surface area contributed by atoms with E-state index >= 15 is 0 Å². The van der Waals surface area contributed by atoms with E-state index in [0.717, 1.165) is 55.3 Å². The van der Waals surface area contributed by atoms with E-state index in [0.29, 0.717) is 24.6 Å². The van der Waals surface area contributed by atoms with E-state index < -0.39 is 18.1 Å². The van der Waals surface area contributed by atoms with Crippen LogP contribution in [-0.4, -0.2) is 42.2 Å². The number of hydrogen-bond donors (Lipinski definition) is 2. The first-order valence-corrected chi connectivity index (χ1v) is 14.7. The average Bonchev–Trinajstić information content (AvgIpc) is 3.47. The van der Waals surface area contributed by atoms with Crippen molar-refractivity contribution in [2.45, 2.75) is 64.1 Å². The number of nitrogens with zero attached hydrogens (tertiary/aromatic N) is 2. The second-order valence-corrected chi connectivity index (χ2v) is 11.0. The molecule has 0 saturated heterocycles. The van der Waals surface area contributed by atoms with Crippen molar-refractivity contribution in [1.82, 2.24) is 10.6 Å². The van der Waals surface area contributed by atoms with Crippen molar-refractivity contribution in [2.75, 3.05) is 11.4 Å². The van der Waals surface area contributed by atoms with Gasteiger partial charge in [-0.1, -0.05) is 91.7 Å². The average molecular weight is 551 g/mol. The standard InChI is InChI=1S/C34H38N4O3/c1-24(35-30(39)23-26-15-8-9-16-26)33(40)37-32-34(41)38(22-12-17-25-13-4-2-5-14-25)29-21-11-10-20-28(29)31(36-32)27-18-6-3-7-19-27/h2-7,10-11,13-14,18-21,24,26,32H,8-9,12,15-17,22-23H2,1H3,(H,35,39)(H,37,40)/t24-,32?/m0/s1. The summed E-state index contributed by atoms with van der Waals surface area (Å²) in [4.78, 5) is 46.5. The summed E-state index contributed by atoms with van der Waals surface area (Å²) in [6.45, 7) is 2.12. The van der Waals surface area contributed by atoms with Gasteiger partial charge in [0.05, 0.1) is 11.4 Å². The molecule has 0 bridgehead atoms. The van der Waals surface area contributed by atoms with Crippen LogP contribution in [0.3, 0.4) is 0 Å². The quantitative estimate of drug-likeness (QED) is 0.371. The molecule has 1 aliphatic carbocycles. The molecule has 1 heterocycles. The number of hydrogen-bond acceptors (Lipinski definition) is 4. The van der Waals surface area contributed by atoms with Gasteiger partial charge in [0.25, 0.3) is 5.91 Å². The largest absolute Gasteiger partial charge is 0.345 e. The summed E-state index contributed by atoms with van der Waals surface area (Å²) in [5, 5.41) is 5.67. The molecule has 212 valence electrons. The van der Waals surface area contributed by atoms with Gasteiger partial charge >= 0.3 is 0 Å². The number of amides is 3. The number of anilines is 1. The van der Waals surface area contributed by atoms with Gasteiger partial charge in [-0.05, 0) is 50.2 Å². The van der Waals surface area contributed by atoms with Crippen molar-refractivity contribution >= 4 is 29.1 Å². The summed E-state index contributed by atoms with van der Waals surface area (Å²) >= 11 is 0. The van der Waals surface area contributed by atoms with Crippen molar-refractivity contribution in [3.63, 3.8) is 0 Å². The number of para-hydroxylation sites is 1. The number of nitrogens with one attached hydrogen (secondary N) is 2. The van der Waals surface area contributed by atoms with Gasteiger partial charge in [-0.2, -0.15) is 0 Å². The number of benzodiazepines with no additional fused rings is 1. The van der Waals surface area contributed by atoms with E-state index in [1.807, 2.05) is 72.8 Å². The molecule has 3 amide bonds. The third-order valence-corrected chi connectivity index (χ3v) is 7.94. The lowest BCUT2D eigenvalue weighted by Crippen LogP contribution is -2.53. The Hall–Kier alpha value is -4.26. The van der Waals surface area contributed by atoms with Crippen LogP contribution in [0.2, 0.25) is 0 Å². The number of carbonyl (C=O) groups is 3. The van der Waals surface area contributed by atoms with Crippen LogP contribution < -0.4 is 15.5 Å². The lowest BCUT2D eigenvalue weighted by Gasteiger charge is -2.26. The molecule has 0 aromatic heterocycles. The van der Waals surface area contributed by atoms with Gasteiger partial charge in [0.1, 0.15) is 6.04 Å². The Kier molecular flexibility index (Phi) is 9.24. The summed E-state index contributed by atoms with van der Waals surface area (Å²) in [7, 11) is 0. The Morgan fingerprint density at radius 1 is 0.927 bits per heavy atom. The van der Waals surface area contributed by atoms with Gasteiger partial charge in [0.2, 0.25) is 18.0 Å². The highest BCUT2D eigenvalue weighted by molar-refractivity contribution is 6.20. The predicted molar refractivity (Wildman–Crippen MR) is 162 cm³/mol. The van der Waals surface area contributed by atoms with Crippen LogP contribution in [0, 0.1) is 5.92 Å². The lowest BCUT2D eigenvalue weighted by atomic mass is 10.00. The SMILES string of the molecule is C[C@H](NC(=O)CC1CCCC1)C(=O)NC1N=C(c2ccccc2)c2ccccc2N(CCCc2ccccc2)C1=O. The number of aryl methyl sites for hydroxylation is 1. The summed E-state index contributed by atoms with van der Waals surface area (Å²) in [6.07, 6.45) is 5.30. The number of benzene rings is 3. The first-order valence-electron chi connectivity index (χ1n) is 14.7. The number of rotatable bonds is 10. The molecule has 2 aliphatic rings. The Balaban J connectivity index is 1.38. The highest BCUT2D eigenvalue weighted by atomic mass is 16.2. The van der Waals surface area contributed by atoms with E-state index in [9.17, 15) is 14.4 Å².